The number of thiazole rings is 1. The molecule has 1 saturated heterocycles. The average Bonchev–Trinajstić information content (AvgIpc) is 3.33. The number of benzene rings is 1. The second kappa shape index (κ2) is 9.05. The van der Waals surface area contributed by atoms with Gasteiger partial charge in [-0.05, 0) is 37.3 Å². The molecule has 0 spiro atoms. The molecule has 3 heterocycles. The van der Waals surface area contributed by atoms with Gasteiger partial charge >= 0.3 is 0 Å². The summed E-state index contributed by atoms with van der Waals surface area (Å²) in [6.07, 6.45) is 2.72. The Morgan fingerprint density at radius 1 is 1.36 bits per heavy atom. The number of aromatic nitrogens is 3. The molecule has 1 atom stereocenters. The lowest BCUT2D eigenvalue weighted by molar-refractivity contribution is -0.0347. The lowest BCUT2D eigenvalue weighted by Gasteiger charge is -2.31. The van der Waals surface area contributed by atoms with Crippen LogP contribution in [0.3, 0.4) is 0 Å². The summed E-state index contributed by atoms with van der Waals surface area (Å²) in [5, 5.41) is 9.39. The van der Waals surface area contributed by atoms with E-state index >= 15 is 0 Å². The Labute approximate surface area is 173 Å². The van der Waals surface area contributed by atoms with Crippen molar-refractivity contribution in [1.82, 2.24) is 20.1 Å². The van der Waals surface area contributed by atoms with Gasteiger partial charge in [-0.25, -0.2) is 4.98 Å². The maximum atomic E-state index is 5.96. The minimum atomic E-state index is -0.00930. The molecule has 148 valence electrons. The summed E-state index contributed by atoms with van der Waals surface area (Å²) in [6.45, 7) is 6.01. The first-order valence-corrected chi connectivity index (χ1v) is 10.5. The maximum absolute atomic E-state index is 5.96. The lowest BCUT2D eigenvalue weighted by Crippen LogP contribution is -2.37. The standard InChI is InChI=1S/C20H23ClN4O2S/c1-14-22-11-18(28-14)12-25-7-9-27-20(13-25)19-10-16(23-24-19)6-8-26-17-4-2-15(21)3-5-17/h2-5,10-11,20H,6-9,12-13H2,1H3,(H,23,24)/t20-/m1/s1. The van der Waals surface area contributed by atoms with Crippen LogP contribution in [0.15, 0.2) is 36.5 Å². The Hall–Kier alpha value is -1.93. The summed E-state index contributed by atoms with van der Waals surface area (Å²) >= 11 is 7.64. The van der Waals surface area contributed by atoms with Crippen LogP contribution in [-0.4, -0.2) is 46.4 Å². The van der Waals surface area contributed by atoms with E-state index in [1.165, 1.54) is 4.88 Å². The molecule has 0 radical (unpaired) electrons. The average molecular weight is 419 g/mol. The van der Waals surface area contributed by atoms with Gasteiger partial charge in [0.25, 0.3) is 0 Å². The second-order valence-corrected chi connectivity index (χ2v) is 8.57. The molecule has 1 aliphatic rings. The van der Waals surface area contributed by atoms with Crippen LogP contribution >= 0.6 is 22.9 Å². The summed E-state index contributed by atoms with van der Waals surface area (Å²) < 4.78 is 11.7. The highest BCUT2D eigenvalue weighted by molar-refractivity contribution is 7.11. The predicted octanol–water partition coefficient (Wildman–Crippen LogP) is 4.02. The van der Waals surface area contributed by atoms with Crippen LogP contribution in [0.2, 0.25) is 5.02 Å². The normalized spacial score (nSPS) is 17.7. The number of ether oxygens (including phenoxy) is 2. The van der Waals surface area contributed by atoms with E-state index < -0.39 is 0 Å². The van der Waals surface area contributed by atoms with Gasteiger partial charge in [-0.2, -0.15) is 5.10 Å². The minimum absolute atomic E-state index is 0.00930. The maximum Gasteiger partial charge on any atom is 0.119 e. The van der Waals surface area contributed by atoms with E-state index in [4.69, 9.17) is 21.1 Å². The van der Waals surface area contributed by atoms with Crippen molar-refractivity contribution in [2.75, 3.05) is 26.3 Å². The van der Waals surface area contributed by atoms with Crippen LogP contribution in [0, 0.1) is 6.92 Å². The molecule has 2 aromatic heterocycles. The van der Waals surface area contributed by atoms with Crippen molar-refractivity contribution < 1.29 is 9.47 Å². The third-order valence-corrected chi connectivity index (χ3v) is 5.78. The summed E-state index contributed by atoms with van der Waals surface area (Å²) in [7, 11) is 0. The number of hydrogen-bond donors (Lipinski definition) is 1. The van der Waals surface area contributed by atoms with E-state index in [0.717, 1.165) is 48.2 Å². The molecule has 4 rings (SSSR count). The Kier molecular flexibility index (Phi) is 6.26. The van der Waals surface area contributed by atoms with E-state index in [9.17, 15) is 0 Å². The van der Waals surface area contributed by atoms with Gasteiger partial charge in [-0.1, -0.05) is 11.6 Å². The number of aryl methyl sites for hydroxylation is 1. The first-order chi connectivity index (χ1) is 13.7. The first kappa shape index (κ1) is 19.4. The van der Waals surface area contributed by atoms with Gasteiger partial charge in [0.1, 0.15) is 11.9 Å². The van der Waals surface area contributed by atoms with Gasteiger partial charge < -0.3 is 9.47 Å². The monoisotopic (exact) mass is 418 g/mol. The molecule has 6 nitrogen and oxygen atoms in total. The summed E-state index contributed by atoms with van der Waals surface area (Å²) in [4.78, 5) is 8.04. The fraction of sp³-hybridized carbons (Fsp3) is 0.400. The molecule has 0 bridgehead atoms. The summed E-state index contributed by atoms with van der Waals surface area (Å²) in [6, 6.07) is 9.47. The third-order valence-electron chi connectivity index (χ3n) is 4.63. The van der Waals surface area contributed by atoms with Crippen LogP contribution in [0.25, 0.3) is 0 Å². The van der Waals surface area contributed by atoms with Crippen molar-refractivity contribution in [2.24, 2.45) is 0 Å². The number of nitrogens with one attached hydrogen (secondary N) is 1. The fourth-order valence-corrected chi connectivity index (χ4v) is 4.17. The molecule has 0 unspecified atom stereocenters. The number of nitrogens with zero attached hydrogens (tertiary/aromatic N) is 3. The Bertz CT molecular complexity index is 896. The topological polar surface area (TPSA) is 63.3 Å². The largest absolute Gasteiger partial charge is 0.493 e. The van der Waals surface area contributed by atoms with Gasteiger partial charge in [0.2, 0.25) is 0 Å². The Morgan fingerprint density at radius 2 is 2.21 bits per heavy atom. The second-order valence-electron chi connectivity index (χ2n) is 6.81. The van der Waals surface area contributed by atoms with E-state index in [-0.39, 0.29) is 6.10 Å². The molecule has 0 amide bonds. The van der Waals surface area contributed by atoms with Crippen molar-refractivity contribution in [3.05, 3.63) is 62.8 Å². The molecular formula is C20H23ClN4O2S. The smallest absolute Gasteiger partial charge is 0.119 e. The lowest BCUT2D eigenvalue weighted by atomic mass is 10.2. The van der Waals surface area contributed by atoms with E-state index in [1.807, 2.05) is 37.4 Å². The Morgan fingerprint density at radius 3 is 3.00 bits per heavy atom. The molecule has 3 aromatic rings. The van der Waals surface area contributed by atoms with Crippen LogP contribution < -0.4 is 4.74 Å². The first-order valence-electron chi connectivity index (χ1n) is 9.33. The molecule has 8 heteroatoms. The number of hydrogen-bond acceptors (Lipinski definition) is 6. The van der Waals surface area contributed by atoms with Crippen LogP contribution in [-0.2, 0) is 17.7 Å². The summed E-state index contributed by atoms with van der Waals surface area (Å²) in [5.74, 6) is 0.814. The molecule has 0 saturated carbocycles. The van der Waals surface area contributed by atoms with E-state index in [1.54, 1.807) is 11.3 Å². The van der Waals surface area contributed by atoms with Crippen molar-refractivity contribution in [3.63, 3.8) is 0 Å². The minimum Gasteiger partial charge on any atom is -0.493 e. The van der Waals surface area contributed by atoms with Gasteiger partial charge in [-0.3, -0.25) is 10.00 Å². The van der Waals surface area contributed by atoms with Crippen molar-refractivity contribution >= 4 is 22.9 Å². The third kappa shape index (κ3) is 5.11. The van der Waals surface area contributed by atoms with Crippen LogP contribution in [0.5, 0.6) is 5.75 Å². The molecule has 1 fully saturated rings. The molecule has 1 N–H and O–H groups in total. The number of rotatable bonds is 7. The highest BCUT2D eigenvalue weighted by atomic mass is 35.5. The van der Waals surface area contributed by atoms with Crippen LogP contribution in [0.1, 0.15) is 27.4 Å². The van der Waals surface area contributed by atoms with Gasteiger partial charge in [0.15, 0.2) is 0 Å². The number of aromatic amines is 1. The van der Waals surface area contributed by atoms with Crippen molar-refractivity contribution in [3.8, 4) is 5.75 Å². The zero-order valence-electron chi connectivity index (χ0n) is 15.7. The Balaban J connectivity index is 1.28. The van der Waals surface area contributed by atoms with Crippen LogP contribution in [0.4, 0.5) is 0 Å². The number of halogens is 1. The van der Waals surface area contributed by atoms with Gasteiger partial charge in [0, 0.05) is 47.8 Å². The van der Waals surface area contributed by atoms with Gasteiger partial charge in [0.05, 0.1) is 23.9 Å². The number of morpholine rings is 1. The molecule has 0 aliphatic carbocycles. The highest BCUT2D eigenvalue weighted by Crippen LogP contribution is 2.24. The summed E-state index contributed by atoms with van der Waals surface area (Å²) in [5.41, 5.74) is 1.99. The zero-order valence-corrected chi connectivity index (χ0v) is 17.3. The number of H-pyrrole nitrogens is 1. The predicted molar refractivity (Wildman–Crippen MR) is 110 cm³/mol. The highest BCUT2D eigenvalue weighted by Gasteiger charge is 2.24. The molecular weight excluding hydrogens is 396 g/mol. The zero-order chi connectivity index (χ0) is 19.3. The van der Waals surface area contributed by atoms with E-state index in [2.05, 4.69) is 26.1 Å². The molecule has 1 aromatic carbocycles. The quantitative estimate of drug-likeness (QED) is 0.627. The van der Waals surface area contributed by atoms with Crippen molar-refractivity contribution in [1.29, 1.82) is 0 Å². The molecule has 28 heavy (non-hydrogen) atoms. The fourth-order valence-electron chi connectivity index (χ4n) is 3.21. The van der Waals surface area contributed by atoms with E-state index in [0.29, 0.717) is 18.2 Å². The molecule has 1 aliphatic heterocycles. The SMILES string of the molecule is Cc1ncc(CN2CCO[C@@H](c3cc(CCOc4ccc(Cl)cc4)[nH]n3)C2)s1. The van der Waals surface area contributed by atoms with Crippen molar-refractivity contribution in [2.45, 2.75) is 26.0 Å². The van der Waals surface area contributed by atoms with Gasteiger partial charge in [-0.15, -0.1) is 11.3 Å².